The molecule has 1 aromatic rings. The fraction of sp³-hybridized carbons (Fsp3) is 0.538. The van der Waals surface area contributed by atoms with E-state index in [4.69, 9.17) is 4.52 Å². The van der Waals surface area contributed by atoms with Gasteiger partial charge in [0, 0.05) is 38.8 Å². The SMILES string of the molecule is C=CCN1CCCN(C(=O)c2cc(C)no2)CC1. The van der Waals surface area contributed by atoms with Crippen molar-refractivity contribution in [2.24, 2.45) is 0 Å². The average molecular weight is 249 g/mol. The highest BCUT2D eigenvalue weighted by Gasteiger charge is 2.22. The van der Waals surface area contributed by atoms with Crippen LogP contribution in [-0.2, 0) is 0 Å². The van der Waals surface area contributed by atoms with Crippen LogP contribution in [0.2, 0.25) is 0 Å². The van der Waals surface area contributed by atoms with Gasteiger partial charge in [-0.2, -0.15) is 0 Å². The summed E-state index contributed by atoms with van der Waals surface area (Å²) in [5, 5.41) is 3.75. The summed E-state index contributed by atoms with van der Waals surface area (Å²) in [6, 6.07) is 1.69. The zero-order valence-electron chi connectivity index (χ0n) is 10.8. The van der Waals surface area contributed by atoms with Crippen molar-refractivity contribution in [1.82, 2.24) is 15.0 Å². The number of hydrogen-bond acceptors (Lipinski definition) is 4. The third-order valence-electron chi connectivity index (χ3n) is 3.10. The van der Waals surface area contributed by atoms with Gasteiger partial charge in [0.25, 0.3) is 5.91 Å². The largest absolute Gasteiger partial charge is 0.351 e. The third-order valence-corrected chi connectivity index (χ3v) is 3.10. The molecule has 2 heterocycles. The fourth-order valence-corrected chi connectivity index (χ4v) is 2.16. The Kier molecular flexibility index (Phi) is 4.15. The summed E-state index contributed by atoms with van der Waals surface area (Å²) in [6.45, 7) is 9.82. The minimum absolute atomic E-state index is 0.0592. The lowest BCUT2D eigenvalue weighted by Gasteiger charge is -2.19. The van der Waals surface area contributed by atoms with Crippen molar-refractivity contribution in [3.05, 3.63) is 30.2 Å². The molecule has 1 saturated heterocycles. The van der Waals surface area contributed by atoms with E-state index < -0.39 is 0 Å². The number of carbonyl (C=O) groups is 1. The van der Waals surface area contributed by atoms with Crippen molar-refractivity contribution in [3.8, 4) is 0 Å². The molecule has 0 spiro atoms. The molecule has 0 atom stereocenters. The van der Waals surface area contributed by atoms with Crippen LogP contribution in [0.3, 0.4) is 0 Å². The maximum Gasteiger partial charge on any atom is 0.292 e. The van der Waals surface area contributed by atoms with Crippen LogP contribution in [0.25, 0.3) is 0 Å². The highest BCUT2D eigenvalue weighted by Crippen LogP contribution is 2.10. The molecule has 1 aliphatic rings. The topological polar surface area (TPSA) is 49.6 Å². The molecule has 98 valence electrons. The molecular formula is C13H19N3O2. The highest BCUT2D eigenvalue weighted by molar-refractivity contribution is 5.91. The molecule has 0 unspecified atom stereocenters. The highest BCUT2D eigenvalue weighted by atomic mass is 16.5. The smallest absolute Gasteiger partial charge is 0.292 e. The molecule has 1 aromatic heterocycles. The van der Waals surface area contributed by atoms with Crippen LogP contribution in [0.1, 0.15) is 22.7 Å². The molecule has 0 aliphatic carbocycles. The molecule has 0 N–H and O–H groups in total. The van der Waals surface area contributed by atoms with Crippen molar-refractivity contribution in [2.45, 2.75) is 13.3 Å². The molecule has 0 saturated carbocycles. The number of aromatic nitrogens is 1. The number of nitrogens with zero attached hydrogens (tertiary/aromatic N) is 3. The predicted octanol–water partition coefficient (Wildman–Crippen LogP) is 1.32. The molecule has 0 radical (unpaired) electrons. The molecular weight excluding hydrogens is 230 g/mol. The van der Waals surface area contributed by atoms with E-state index >= 15 is 0 Å². The van der Waals surface area contributed by atoms with Crippen LogP contribution in [0.4, 0.5) is 0 Å². The van der Waals surface area contributed by atoms with E-state index in [9.17, 15) is 4.79 Å². The van der Waals surface area contributed by atoms with E-state index in [-0.39, 0.29) is 5.91 Å². The maximum absolute atomic E-state index is 12.2. The molecule has 2 rings (SSSR count). The van der Waals surface area contributed by atoms with Gasteiger partial charge in [0.2, 0.25) is 5.76 Å². The monoisotopic (exact) mass is 249 g/mol. The van der Waals surface area contributed by atoms with Gasteiger partial charge in [-0.1, -0.05) is 11.2 Å². The van der Waals surface area contributed by atoms with Gasteiger partial charge in [0.1, 0.15) is 0 Å². The summed E-state index contributed by atoms with van der Waals surface area (Å²) in [5.74, 6) is 0.278. The molecule has 18 heavy (non-hydrogen) atoms. The summed E-state index contributed by atoms with van der Waals surface area (Å²) in [4.78, 5) is 16.3. The Morgan fingerprint density at radius 2 is 2.33 bits per heavy atom. The van der Waals surface area contributed by atoms with Gasteiger partial charge in [-0.05, 0) is 13.3 Å². The average Bonchev–Trinajstić information content (AvgIpc) is 2.65. The van der Waals surface area contributed by atoms with Gasteiger partial charge < -0.3 is 9.42 Å². The van der Waals surface area contributed by atoms with Gasteiger partial charge >= 0.3 is 0 Å². The zero-order valence-corrected chi connectivity index (χ0v) is 10.8. The van der Waals surface area contributed by atoms with Crippen LogP contribution in [0, 0.1) is 6.92 Å². The summed E-state index contributed by atoms with van der Waals surface area (Å²) < 4.78 is 5.02. The van der Waals surface area contributed by atoms with E-state index in [2.05, 4.69) is 16.6 Å². The Morgan fingerprint density at radius 3 is 3.00 bits per heavy atom. The van der Waals surface area contributed by atoms with E-state index in [1.54, 1.807) is 6.07 Å². The van der Waals surface area contributed by atoms with Crippen molar-refractivity contribution in [1.29, 1.82) is 0 Å². The fourth-order valence-electron chi connectivity index (χ4n) is 2.16. The van der Waals surface area contributed by atoms with Gasteiger partial charge in [-0.25, -0.2) is 0 Å². The lowest BCUT2D eigenvalue weighted by molar-refractivity contribution is 0.0720. The predicted molar refractivity (Wildman–Crippen MR) is 68.4 cm³/mol. The second-order valence-electron chi connectivity index (χ2n) is 4.57. The van der Waals surface area contributed by atoms with E-state index in [0.29, 0.717) is 5.76 Å². The van der Waals surface area contributed by atoms with Gasteiger partial charge in [-0.15, -0.1) is 6.58 Å². The molecule has 1 fully saturated rings. The Balaban J connectivity index is 1.97. The molecule has 0 aromatic carbocycles. The zero-order chi connectivity index (χ0) is 13.0. The van der Waals surface area contributed by atoms with Crippen molar-refractivity contribution in [3.63, 3.8) is 0 Å². The first kappa shape index (κ1) is 12.8. The summed E-state index contributed by atoms with van der Waals surface area (Å²) in [7, 11) is 0. The van der Waals surface area contributed by atoms with E-state index in [0.717, 1.165) is 44.8 Å². The van der Waals surface area contributed by atoms with Crippen LogP contribution >= 0.6 is 0 Å². The Morgan fingerprint density at radius 1 is 1.50 bits per heavy atom. The van der Waals surface area contributed by atoms with Crippen molar-refractivity contribution < 1.29 is 9.32 Å². The molecule has 1 amide bonds. The Bertz CT molecular complexity index is 428. The molecule has 5 nitrogen and oxygen atoms in total. The van der Waals surface area contributed by atoms with Gasteiger partial charge in [-0.3, -0.25) is 9.69 Å². The second-order valence-corrected chi connectivity index (χ2v) is 4.57. The molecule has 1 aliphatic heterocycles. The minimum Gasteiger partial charge on any atom is -0.351 e. The van der Waals surface area contributed by atoms with E-state index in [1.807, 2.05) is 17.9 Å². The van der Waals surface area contributed by atoms with E-state index in [1.165, 1.54) is 0 Å². The number of hydrogen-bond donors (Lipinski definition) is 0. The lowest BCUT2D eigenvalue weighted by Crippen LogP contribution is -2.35. The van der Waals surface area contributed by atoms with Crippen molar-refractivity contribution in [2.75, 3.05) is 32.7 Å². The summed E-state index contributed by atoms with van der Waals surface area (Å²) in [6.07, 6.45) is 2.88. The van der Waals surface area contributed by atoms with Crippen LogP contribution in [-0.4, -0.2) is 53.6 Å². The number of rotatable bonds is 3. The summed E-state index contributed by atoms with van der Waals surface area (Å²) >= 11 is 0. The van der Waals surface area contributed by atoms with Gasteiger partial charge in [0.15, 0.2) is 0 Å². The number of carbonyl (C=O) groups excluding carboxylic acids is 1. The van der Waals surface area contributed by atoms with Gasteiger partial charge in [0.05, 0.1) is 5.69 Å². The second kappa shape index (κ2) is 5.82. The standard InChI is InChI=1S/C13H19N3O2/c1-3-5-15-6-4-7-16(9-8-15)13(17)12-10-11(2)14-18-12/h3,10H,1,4-9H2,2H3. The number of amides is 1. The Hall–Kier alpha value is -1.62. The minimum atomic E-state index is -0.0592. The first-order valence-electron chi connectivity index (χ1n) is 6.26. The number of aryl methyl sites for hydroxylation is 1. The van der Waals surface area contributed by atoms with Crippen LogP contribution < -0.4 is 0 Å². The third kappa shape index (κ3) is 2.98. The lowest BCUT2D eigenvalue weighted by atomic mass is 10.3. The normalized spacial score (nSPS) is 17.5. The summed E-state index contributed by atoms with van der Waals surface area (Å²) in [5.41, 5.74) is 0.737. The molecule has 0 bridgehead atoms. The Labute approximate surface area is 107 Å². The first-order chi connectivity index (χ1) is 8.70. The van der Waals surface area contributed by atoms with Crippen LogP contribution in [0.15, 0.2) is 23.2 Å². The van der Waals surface area contributed by atoms with Crippen LogP contribution in [0.5, 0.6) is 0 Å². The molecule has 5 heteroatoms. The maximum atomic E-state index is 12.2. The quantitative estimate of drug-likeness (QED) is 0.758. The first-order valence-corrected chi connectivity index (χ1v) is 6.26. The van der Waals surface area contributed by atoms with Crippen molar-refractivity contribution >= 4 is 5.91 Å².